The van der Waals surface area contributed by atoms with Crippen LogP contribution in [0.4, 0.5) is 0 Å². The van der Waals surface area contributed by atoms with Gasteiger partial charge in [-0.05, 0) is 67.0 Å². The molecule has 1 aliphatic heterocycles. The third kappa shape index (κ3) is 3.32. The molecular formula is C19H21BrO. The van der Waals surface area contributed by atoms with E-state index in [2.05, 4.69) is 66.2 Å². The van der Waals surface area contributed by atoms with Crippen LogP contribution in [-0.4, -0.2) is 6.61 Å². The lowest BCUT2D eigenvalue weighted by atomic mass is 9.97. The van der Waals surface area contributed by atoms with Crippen LogP contribution in [-0.2, 0) is 12.8 Å². The van der Waals surface area contributed by atoms with E-state index in [0.29, 0.717) is 4.83 Å². The Morgan fingerprint density at radius 1 is 1.10 bits per heavy atom. The summed E-state index contributed by atoms with van der Waals surface area (Å²) in [6.07, 6.45) is 3.27. The van der Waals surface area contributed by atoms with Crippen LogP contribution in [0.15, 0.2) is 36.4 Å². The second kappa shape index (κ2) is 6.23. The smallest absolute Gasteiger partial charge is 0.122 e. The molecular weight excluding hydrogens is 324 g/mol. The zero-order valence-electron chi connectivity index (χ0n) is 12.7. The topological polar surface area (TPSA) is 9.23 Å². The van der Waals surface area contributed by atoms with Gasteiger partial charge < -0.3 is 4.74 Å². The molecule has 0 fully saturated rings. The first-order valence-electron chi connectivity index (χ1n) is 7.59. The van der Waals surface area contributed by atoms with Crippen molar-refractivity contribution >= 4 is 15.9 Å². The minimum absolute atomic E-state index is 0.354. The van der Waals surface area contributed by atoms with E-state index in [1.165, 1.54) is 27.8 Å². The number of aryl methyl sites for hydroxylation is 3. The van der Waals surface area contributed by atoms with Gasteiger partial charge in [0, 0.05) is 4.83 Å². The lowest BCUT2D eigenvalue weighted by Crippen LogP contribution is -2.09. The first kappa shape index (κ1) is 14.6. The van der Waals surface area contributed by atoms with Crippen molar-refractivity contribution in [1.29, 1.82) is 0 Å². The lowest BCUT2D eigenvalue weighted by molar-refractivity contribution is 0.288. The molecule has 1 atom stereocenters. The summed E-state index contributed by atoms with van der Waals surface area (Å²) >= 11 is 3.85. The first-order valence-corrected chi connectivity index (χ1v) is 8.51. The molecule has 0 radical (unpaired) electrons. The van der Waals surface area contributed by atoms with Gasteiger partial charge in [0.25, 0.3) is 0 Å². The Morgan fingerprint density at radius 3 is 2.76 bits per heavy atom. The van der Waals surface area contributed by atoms with Gasteiger partial charge in [0.05, 0.1) is 6.61 Å². The van der Waals surface area contributed by atoms with Gasteiger partial charge in [-0.25, -0.2) is 0 Å². The van der Waals surface area contributed by atoms with Crippen LogP contribution in [0.1, 0.15) is 39.1 Å². The molecule has 0 amide bonds. The summed E-state index contributed by atoms with van der Waals surface area (Å²) in [7, 11) is 0. The van der Waals surface area contributed by atoms with Crippen molar-refractivity contribution in [3.63, 3.8) is 0 Å². The van der Waals surface area contributed by atoms with Gasteiger partial charge in [-0.1, -0.05) is 46.3 Å². The highest BCUT2D eigenvalue weighted by atomic mass is 79.9. The minimum Gasteiger partial charge on any atom is -0.493 e. The van der Waals surface area contributed by atoms with Gasteiger partial charge in [0.2, 0.25) is 0 Å². The fraction of sp³-hybridized carbons (Fsp3) is 0.368. The van der Waals surface area contributed by atoms with Gasteiger partial charge in [-0.2, -0.15) is 0 Å². The van der Waals surface area contributed by atoms with Crippen molar-refractivity contribution in [2.45, 2.75) is 37.9 Å². The first-order chi connectivity index (χ1) is 10.1. The molecule has 0 saturated carbocycles. The number of ether oxygens (including phenoxy) is 1. The van der Waals surface area contributed by atoms with Crippen LogP contribution in [0.5, 0.6) is 5.75 Å². The van der Waals surface area contributed by atoms with Crippen LogP contribution in [0, 0.1) is 13.8 Å². The quantitative estimate of drug-likeness (QED) is 0.685. The predicted octanol–water partition coefficient (Wildman–Crippen LogP) is 5.31. The Balaban J connectivity index is 1.78. The summed E-state index contributed by atoms with van der Waals surface area (Å²) < 4.78 is 5.69. The molecule has 0 bridgehead atoms. The van der Waals surface area contributed by atoms with Gasteiger partial charge in [-0.3, -0.25) is 0 Å². The van der Waals surface area contributed by atoms with E-state index in [4.69, 9.17) is 4.74 Å². The molecule has 1 unspecified atom stereocenters. The van der Waals surface area contributed by atoms with Gasteiger partial charge in [-0.15, -0.1) is 0 Å². The zero-order chi connectivity index (χ0) is 14.8. The molecule has 2 heteroatoms. The molecule has 2 aromatic carbocycles. The highest BCUT2D eigenvalue weighted by Crippen LogP contribution is 2.33. The van der Waals surface area contributed by atoms with E-state index < -0.39 is 0 Å². The normalized spacial score (nSPS) is 15.2. The van der Waals surface area contributed by atoms with Gasteiger partial charge in [0.1, 0.15) is 5.75 Å². The van der Waals surface area contributed by atoms with Crippen LogP contribution < -0.4 is 4.74 Å². The van der Waals surface area contributed by atoms with Crippen molar-refractivity contribution in [1.82, 2.24) is 0 Å². The van der Waals surface area contributed by atoms with E-state index in [1.807, 2.05) is 0 Å². The van der Waals surface area contributed by atoms with E-state index in [0.717, 1.165) is 31.6 Å². The Morgan fingerprint density at radius 2 is 1.95 bits per heavy atom. The maximum absolute atomic E-state index is 5.69. The SMILES string of the molecule is Cc1ccc(CC(Br)c2ccc3c(c2)CCCO3)cc1C. The summed E-state index contributed by atoms with van der Waals surface area (Å²) in [6.45, 7) is 5.19. The molecule has 2 aromatic rings. The molecule has 0 spiro atoms. The van der Waals surface area contributed by atoms with Crippen molar-refractivity contribution in [2.75, 3.05) is 6.61 Å². The van der Waals surface area contributed by atoms with E-state index in [9.17, 15) is 0 Å². The van der Waals surface area contributed by atoms with Crippen LogP contribution in [0.3, 0.4) is 0 Å². The molecule has 1 aliphatic rings. The average Bonchev–Trinajstić information content (AvgIpc) is 2.50. The van der Waals surface area contributed by atoms with Crippen molar-refractivity contribution in [3.8, 4) is 5.75 Å². The Bertz CT molecular complexity index is 648. The lowest BCUT2D eigenvalue weighted by Gasteiger charge is -2.19. The van der Waals surface area contributed by atoms with Crippen molar-refractivity contribution in [3.05, 3.63) is 64.2 Å². The predicted molar refractivity (Wildman–Crippen MR) is 91.5 cm³/mol. The second-order valence-electron chi connectivity index (χ2n) is 5.91. The van der Waals surface area contributed by atoms with Crippen LogP contribution >= 0.6 is 15.9 Å². The van der Waals surface area contributed by atoms with Crippen LogP contribution in [0.25, 0.3) is 0 Å². The third-order valence-electron chi connectivity index (χ3n) is 4.28. The highest BCUT2D eigenvalue weighted by molar-refractivity contribution is 9.09. The Hall–Kier alpha value is -1.28. The number of hydrogen-bond acceptors (Lipinski definition) is 1. The molecule has 0 saturated heterocycles. The maximum atomic E-state index is 5.69. The van der Waals surface area contributed by atoms with E-state index >= 15 is 0 Å². The summed E-state index contributed by atoms with van der Waals surface area (Å²) in [5.74, 6) is 1.07. The monoisotopic (exact) mass is 344 g/mol. The zero-order valence-corrected chi connectivity index (χ0v) is 14.2. The van der Waals surface area contributed by atoms with Gasteiger partial charge >= 0.3 is 0 Å². The fourth-order valence-corrected chi connectivity index (χ4v) is 3.49. The van der Waals surface area contributed by atoms with Crippen LogP contribution in [0.2, 0.25) is 0 Å². The maximum Gasteiger partial charge on any atom is 0.122 e. The molecule has 3 rings (SSSR count). The Labute approximate surface area is 135 Å². The molecule has 1 heterocycles. The van der Waals surface area contributed by atoms with E-state index in [1.54, 1.807) is 0 Å². The fourth-order valence-electron chi connectivity index (χ4n) is 2.83. The average molecular weight is 345 g/mol. The summed E-state index contributed by atoms with van der Waals surface area (Å²) in [5.41, 5.74) is 6.80. The van der Waals surface area contributed by atoms with E-state index in [-0.39, 0.29) is 0 Å². The molecule has 0 aliphatic carbocycles. The van der Waals surface area contributed by atoms with Gasteiger partial charge in [0.15, 0.2) is 0 Å². The summed E-state index contributed by atoms with van der Waals surface area (Å²) in [6, 6.07) is 13.4. The molecule has 110 valence electrons. The van der Waals surface area contributed by atoms with Crippen molar-refractivity contribution in [2.24, 2.45) is 0 Å². The molecule has 0 N–H and O–H groups in total. The number of fused-ring (bicyclic) bond motifs is 1. The van der Waals surface area contributed by atoms with Crippen molar-refractivity contribution < 1.29 is 4.74 Å². The molecule has 1 nitrogen and oxygen atoms in total. The minimum atomic E-state index is 0.354. The number of benzene rings is 2. The third-order valence-corrected chi connectivity index (χ3v) is 5.13. The molecule has 0 aromatic heterocycles. The standard InChI is InChI=1S/C19H21BrO/c1-13-5-6-15(10-14(13)2)11-18(20)16-7-8-19-17(12-16)4-3-9-21-19/h5-8,10,12,18H,3-4,9,11H2,1-2H3. The second-order valence-corrected chi connectivity index (χ2v) is 7.01. The molecule has 21 heavy (non-hydrogen) atoms. The number of hydrogen-bond donors (Lipinski definition) is 0. The largest absolute Gasteiger partial charge is 0.493 e. The summed E-state index contributed by atoms with van der Waals surface area (Å²) in [5, 5.41) is 0. The number of rotatable bonds is 3. The number of halogens is 1. The summed E-state index contributed by atoms with van der Waals surface area (Å²) in [4.78, 5) is 0.354. The Kier molecular flexibility index (Phi) is 4.34. The number of alkyl halides is 1. The highest BCUT2D eigenvalue weighted by Gasteiger charge is 2.14.